The molecule has 0 unspecified atom stereocenters. The molecule has 0 aromatic heterocycles. The van der Waals surface area contributed by atoms with Gasteiger partial charge in [0.2, 0.25) is 0 Å². The summed E-state index contributed by atoms with van der Waals surface area (Å²) in [5.41, 5.74) is 3.13. The van der Waals surface area contributed by atoms with Crippen molar-refractivity contribution in [2.24, 2.45) is 0 Å². The Morgan fingerprint density at radius 1 is 1.33 bits per heavy atom. The van der Waals surface area contributed by atoms with Crippen molar-refractivity contribution in [2.45, 2.75) is 39.2 Å². The van der Waals surface area contributed by atoms with Crippen molar-refractivity contribution in [3.8, 4) is 0 Å². The van der Waals surface area contributed by atoms with Crippen LogP contribution in [0.25, 0.3) is 0 Å². The Bertz CT molecular complexity index is 382. The second kappa shape index (κ2) is 3.51. The minimum absolute atomic E-state index is 0.267. The second-order valence-electron chi connectivity index (χ2n) is 5.27. The van der Waals surface area contributed by atoms with Crippen LogP contribution in [0.5, 0.6) is 0 Å². The molecule has 0 spiro atoms. The van der Waals surface area contributed by atoms with E-state index >= 15 is 0 Å². The number of halogens is 1. The first-order valence-corrected chi connectivity index (χ1v) is 6.28. The SMILES string of the molecule is CC(C)N1CC(C)(C)c2cc(Br)ccc21. The smallest absolute Gasteiger partial charge is 0.0408 e. The topological polar surface area (TPSA) is 3.24 Å². The molecule has 1 aromatic carbocycles. The van der Waals surface area contributed by atoms with E-state index in [1.807, 2.05) is 0 Å². The molecule has 2 rings (SSSR count). The summed E-state index contributed by atoms with van der Waals surface area (Å²) in [7, 11) is 0. The lowest BCUT2D eigenvalue weighted by Crippen LogP contribution is -2.33. The van der Waals surface area contributed by atoms with E-state index in [1.165, 1.54) is 15.7 Å². The van der Waals surface area contributed by atoms with Gasteiger partial charge in [0.15, 0.2) is 0 Å². The quantitative estimate of drug-likeness (QED) is 0.745. The molecule has 1 aromatic rings. The van der Waals surface area contributed by atoms with Gasteiger partial charge < -0.3 is 4.90 Å². The molecule has 15 heavy (non-hydrogen) atoms. The summed E-state index contributed by atoms with van der Waals surface area (Å²) in [5, 5.41) is 0. The molecule has 0 aliphatic carbocycles. The van der Waals surface area contributed by atoms with Gasteiger partial charge in [-0.25, -0.2) is 0 Å². The fourth-order valence-corrected chi connectivity index (χ4v) is 2.72. The molecule has 1 heterocycles. The summed E-state index contributed by atoms with van der Waals surface area (Å²) < 4.78 is 1.18. The van der Waals surface area contributed by atoms with E-state index < -0.39 is 0 Å². The molecule has 0 amide bonds. The maximum absolute atomic E-state index is 3.55. The zero-order valence-electron chi connectivity index (χ0n) is 9.84. The Kier molecular flexibility index (Phi) is 2.58. The Balaban J connectivity index is 2.53. The van der Waals surface area contributed by atoms with Crippen LogP contribution in [0.3, 0.4) is 0 Å². The van der Waals surface area contributed by atoms with Crippen LogP contribution in [-0.4, -0.2) is 12.6 Å². The van der Waals surface area contributed by atoms with Crippen molar-refractivity contribution in [2.75, 3.05) is 11.4 Å². The third-order valence-electron chi connectivity index (χ3n) is 3.19. The molecular formula is C13H18BrN. The van der Waals surface area contributed by atoms with Gasteiger partial charge in [-0.05, 0) is 37.6 Å². The first kappa shape index (κ1) is 11.0. The van der Waals surface area contributed by atoms with Gasteiger partial charge in [0.25, 0.3) is 0 Å². The van der Waals surface area contributed by atoms with Crippen molar-refractivity contribution in [3.05, 3.63) is 28.2 Å². The minimum atomic E-state index is 0.267. The molecule has 0 saturated heterocycles. The molecule has 0 N–H and O–H groups in total. The van der Waals surface area contributed by atoms with Gasteiger partial charge in [-0.15, -0.1) is 0 Å². The summed E-state index contributed by atoms with van der Waals surface area (Å²) in [4.78, 5) is 2.49. The van der Waals surface area contributed by atoms with Crippen molar-refractivity contribution < 1.29 is 0 Å². The fraction of sp³-hybridized carbons (Fsp3) is 0.538. The zero-order valence-corrected chi connectivity index (χ0v) is 11.4. The summed E-state index contributed by atoms with van der Waals surface area (Å²) in [6, 6.07) is 7.20. The average molecular weight is 268 g/mol. The molecule has 0 atom stereocenters. The standard InChI is InChI=1S/C13H18BrN/c1-9(2)15-8-13(3,4)11-7-10(14)5-6-12(11)15/h5-7,9H,8H2,1-4H3. The van der Waals surface area contributed by atoms with E-state index in [0.29, 0.717) is 6.04 Å². The minimum Gasteiger partial charge on any atom is -0.368 e. The Labute approximate surface area is 101 Å². The Morgan fingerprint density at radius 2 is 2.00 bits per heavy atom. The highest BCUT2D eigenvalue weighted by atomic mass is 79.9. The van der Waals surface area contributed by atoms with Crippen LogP contribution in [0.4, 0.5) is 5.69 Å². The van der Waals surface area contributed by atoms with Gasteiger partial charge in [0.05, 0.1) is 0 Å². The lowest BCUT2D eigenvalue weighted by atomic mass is 9.87. The largest absolute Gasteiger partial charge is 0.368 e. The number of rotatable bonds is 1. The van der Waals surface area contributed by atoms with Crippen LogP contribution < -0.4 is 4.90 Å². The summed E-state index contributed by atoms with van der Waals surface area (Å²) in [5.74, 6) is 0. The van der Waals surface area contributed by atoms with E-state index in [1.54, 1.807) is 0 Å². The molecule has 2 heteroatoms. The van der Waals surface area contributed by atoms with E-state index in [2.05, 4.69) is 66.7 Å². The number of anilines is 1. The van der Waals surface area contributed by atoms with E-state index in [0.717, 1.165) is 6.54 Å². The van der Waals surface area contributed by atoms with Crippen LogP contribution in [-0.2, 0) is 5.41 Å². The highest BCUT2D eigenvalue weighted by Gasteiger charge is 2.35. The van der Waals surface area contributed by atoms with Crippen LogP contribution in [0.15, 0.2) is 22.7 Å². The predicted molar refractivity (Wildman–Crippen MR) is 69.7 cm³/mol. The molecule has 82 valence electrons. The van der Waals surface area contributed by atoms with Gasteiger partial charge in [0.1, 0.15) is 0 Å². The maximum Gasteiger partial charge on any atom is 0.0408 e. The predicted octanol–water partition coefficient (Wildman–Crippen LogP) is 3.96. The zero-order chi connectivity index (χ0) is 11.2. The normalized spacial score (nSPS) is 18.4. The summed E-state index contributed by atoms with van der Waals surface area (Å²) in [6.45, 7) is 10.3. The maximum atomic E-state index is 3.55. The number of hydrogen-bond acceptors (Lipinski definition) is 1. The third kappa shape index (κ3) is 1.80. The fourth-order valence-electron chi connectivity index (χ4n) is 2.36. The molecule has 1 aliphatic heterocycles. The van der Waals surface area contributed by atoms with Gasteiger partial charge in [-0.3, -0.25) is 0 Å². The van der Waals surface area contributed by atoms with Gasteiger partial charge in [0, 0.05) is 28.2 Å². The molecule has 1 nitrogen and oxygen atoms in total. The molecule has 0 saturated carbocycles. The highest BCUT2D eigenvalue weighted by Crippen LogP contribution is 2.42. The van der Waals surface area contributed by atoms with Crippen molar-refractivity contribution in [3.63, 3.8) is 0 Å². The molecule has 0 fully saturated rings. The van der Waals surface area contributed by atoms with E-state index in [-0.39, 0.29) is 5.41 Å². The summed E-state index contributed by atoms with van der Waals surface area (Å²) >= 11 is 3.55. The van der Waals surface area contributed by atoms with Gasteiger partial charge in [-0.2, -0.15) is 0 Å². The molecule has 1 aliphatic rings. The van der Waals surface area contributed by atoms with E-state index in [9.17, 15) is 0 Å². The number of hydrogen-bond donors (Lipinski definition) is 0. The van der Waals surface area contributed by atoms with Crippen LogP contribution >= 0.6 is 15.9 Å². The highest BCUT2D eigenvalue weighted by molar-refractivity contribution is 9.10. The first-order chi connectivity index (χ1) is 6.92. The number of benzene rings is 1. The molecule has 0 bridgehead atoms. The van der Waals surface area contributed by atoms with Crippen molar-refractivity contribution >= 4 is 21.6 Å². The first-order valence-electron chi connectivity index (χ1n) is 5.48. The lowest BCUT2D eigenvalue weighted by molar-refractivity contribution is 0.531. The average Bonchev–Trinajstić information content (AvgIpc) is 2.39. The number of fused-ring (bicyclic) bond motifs is 1. The second-order valence-corrected chi connectivity index (χ2v) is 6.18. The lowest BCUT2D eigenvalue weighted by Gasteiger charge is -2.26. The molecular weight excluding hydrogens is 250 g/mol. The Hall–Kier alpha value is -0.500. The third-order valence-corrected chi connectivity index (χ3v) is 3.68. The monoisotopic (exact) mass is 267 g/mol. The molecule has 0 radical (unpaired) electrons. The van der Waals surface area contributed by atoms with Crippen LogP contribution in [0.1, 0.15) is 33.3 Å². The van der Waals surface area contributed by atoms with Crippen molar-refractivity contribution in [1.29, 1.82) is 0 Å². The van der Waals surface area contributed by atoms with Crippen LogP contribution in [0.2, 0.25) is 0 Å². The number of nitrogens with zero attached hydrogens (tertiary/aromatic N) is 1. The van der Waals surface area contributed by atoms with Gasteiger partial charge in [-0.1, -0.05) is 29.8 Å². The van der Waals surface area contributed by atoms with Gasteiger partial charge >= 0.3 is 0 Å². The van der Waals surface area contributed by atoms with Crippen molar-refractivity contribution in [1.82, 2.24) is 0 Å². The Morgan fingerprint density at radius 3 is 2.60 bits per heavy atom. The van der Waals surface area contributed by atoms with Crippen LogP contribution in [0, 0.1) is 0 Å². The van der Waals surface area contributed by atoms with E-state index in [4.69, 9.17) is 0 Å². The summed E-state index contributed by atoms with van der Waals surface area (Å²) in [6.07, 6.45) is 0.